The summed E-state index contributed by atoms with van der Waals surface area (Å²) >= 11 is 6.08. The standard InChI is InChI=1S/C14H22ClNO2/c1-10(2)13(16)8-11-4-5-12(15)14(9-11)18-7-6-17-3/h4-5,9-10,13H,6-8,16H2,1-3H3/t13-/m1/s1. The largest absolute Gasteiger partial charge is 0.490 e. The lowest BCUT2D eigenvalue weighted by Crippen LogP contribution is -2.28. The monoisotopic (exact) mass is 271 g/mol. The number of hydrogen-bond donors (Lipinski definition) is 1. The molecule has 0 radical (unpaired) electrons. The molecule has 0 bridgehead atoms. The zero-order valence-electron chi connectivity index (χ0n) is 11.3. The molecule has 0 heterocycles. The molecule has 0 saturated carbocycles. The summed E-state index contributed by atoms with van der Waals surface area (Å²) in [5.41, 5.74) is 7.21. The SMILES string of the molecule is COCCOc1cc(C[C@@H](N)C(C)C)ccc1Cl. The molecule has 1 atom stereocenters. The van der Waals surface area contributed by atoms with Crippen LogP contribution in [-0.2, 0) is 11.2 Å². The summed E-state index contributed by atoms with van der Waals surface area (Å²) < 4.78 is 10.5. The summed E-state index contributed by atoms with van der Waals surface area (Å²) in [5, 5.41) is 0.618. The minimum Gasteiger partial charge on any atom is -0.490 e. The van der Waals surface area contributed by atoms with E-state index in [1.165, 1.54) is 0 Å². The molecule has 0 fully saturated rings. The number of nitrogens with two attached hydrogens (primary N) is 1. The van der Waals surface area contributed by atoms with Crippen LogP contribution in [0.1, 0.15) is 19.4 Å². The van der Waals surface area contributed by atoms with Crippen LogP contribution in [0.25, 0.3) is 0 Å². The van der Waals surface area contributed by atoms with Crippen molar-refractivity contribution >= 4 is 11.6 Å². The number of benzene rings is 1. The number of hydrogen-bond acceptors (Lipinski definition) is 3. The fourth-order valence-electron chi connectivity index (χ4n) is 1.53. The molecule has 102 valence electrons. The fourth-order valence-corrected chi connectivity index (χ4v) is 1.70. The summed E-state index contributed by atoms with van der Waals surface area (Å²) in [6.45, 7) is 5.29. The Hall–Kier alpha value is -0.770. The van der Waals surface area contributed by atoms with Gasteiger partial charge in [-0.15, -0.1) is 0 Å². The molecule has 0 spiro atoms. The molecule has 0 aliphatic rings. The van der Waals surface area contributed by atoms with Crippen molar-refractivity contribution in [3.8, 4) is 5.75 Å². The maximum Gasteiger partial charge on any atom is 0.138 e. The van der Waals surface area contributed by atoms with Gasteiger partial charge in [-0.2, -0.15) is 0 Å². The summed E-state index contributed by atoms with van der Waals surface area (Å²) in [6.07, 6.45) is 0.829. The van der Waals surface area contributed by atoms with E-state index < -0.39 is 0 Å². The second-order valence-electron chi connectivity index (χ2n) is 4.72. The summed E-state index contributed by atoms with van der Waals surface area (Å²) in [7, 11) is 1.64. The Bertz CT molecular complexity index is 369. The van der Waals surface area contributed by atoms with Crippen molar-refractivity contribution in [2.24, 2.45) is 11.7 Å². The lowest BCUT2D eigenvalue weighted by molar-refractivity contribution is 0.146. The maximum absolute atomic E-state index is 6.08. The predicted octanol–water partition coefficient (Wildman–Crippen LogP) is 2.89. The van der Waals surface area contributed by atoms with Crippen molar-refractivity contribution in [3.05, 3.63) is 28.8 Å². The molecule has 3 nitrogen and oxygen atoms in total. The van der Waals surface area contributed by atoms with Gasteiger partial charge in [-0.05, 0) is 30.0 Å². The van der Waals surface area contributed by atoms with E-state index in [4.69, 9.17) is 26.8 Å². The van der Waals surface area contributed by atoms with Gasteiger partial charge in [0.2, 0.25) is 0 Å². The van der Waals surface area contributed by atoms with Crippen LogP contribution < -0.4 is 10.5 Å². The Morgan fingerprint density at radius 1 is 1.28 bits per heavy atom. The third kappa shape index (κ3) is 4.84. The smallest absolute Gasteiger partial charge is 0.138 e. The summed E-state index contributed by atoms with van der Waals surface area (Å²) in [4.78, 5) is 0. The molecule has 1 aromatic rings. The molecule has 1 rings (SSSR count). The van der Waals surface area contributed by atoms with Crippen molar-refractivity contribution in [2.45, 2.75) is 26.3 Å². The minimum atomic E-state index is 0.151. The molecule has 2 N–H and O–H groups in total. The van der Waals surface area contributed by atoms with Crippen molar-refractivity contribution in [1.82, 2.24) is 0 Å². The highest BCUT2D eigenvalue weighted by molar-refractivity contribution is 6.32. The van der Waals surface area contributed by atoms with E-state index in [-0.39, 0.29) is 6.04 Å². The van der Waals surface area contributed by atoms with E-state index in [0.717, 1.165) is 12.0 Å². The number of ether oxygens (including phenoxy) is 2. The Labute approximate surface area is 114 Å². The molecule has 0 aliphatic heterocycles. The zero-order valence-corrected chi connectivity index (χ0v) is 12.0. The van der Waals surface area contributed by atoms with Gasteiger partial charge in [-0.25, -0.2) is 0 Å². The van der Waals surface area contributed by atoms with Crippen LogP contribution in [0, 0.1) is 5.92 Å². The van der Waals surface area contributed by atoms with Gasteiger partial charge in [0.05, 0.1) is 11.6 Å². The minimum absolute atomic E-state index is 0.151. The van der Waals surface area contributed by atoms with Gasteiger partial charge >= 0.3 is 0 Å². The number of methoxy groups -OCH3 is 1. The molecule has 0 amide bonds. The first-order chi connectivity index (χ1) is 8.54. The molecule has 0 unspecified atom stereocenters. The van der Waals surface area contributed by atoms with Gasteiger partial charge < -0.3 is 15.2 Å². The van der Waals surface area contributed by atoms with Gasteiger partial charge in [0.25, 0.3) is 0 Å². The lowest BCUT2D eigenvalue weighted by Gasteiger charge is -2.16. The van der Waals surface area contributed by atoms with Crippen LogP contribution in [0.2, 0.25) is 5.02 Å². The van der Waals surface area contributed by atoms with Gasteiger partial charge in [0.15, 0.2) is 0 Å². The highest BCUT2D eigenvalue weighted by atomic mass is 35.5. The fraction of sp³-hybridized carbons (Fsp3) is 0.571. The van der Waals surface area contributed by atoms with Crippen LogP contribution in [0.4, 0.5) is 0 Å². The molecular formula is C14H22ClNO2. The van der Waals surface area contributed by atoms with E-state index in [9.17, 15) is 0 Å². The molecule has 1 aromatic carbocycles. The molecular weight excluding hydrogens is 250 g/mol. The quantitative estimate of drug-likeness (QED) is 0.776. The average Bonchev–Trinajstić information content (AvgIpc) is 2.33. The Morgan fingerprint density at radius 3 is 2.61 bits per heavy atom. The molecule has 0 aromatic heterocycles. The summed E-state index contributed by atoms with van der Waals surface area (Å²) in [5.74, 6) is 1.15. The lowest BCUT2D eigenvalue weighted by atomic mass is 9.97. The van der Waals surface area contributed by atoms with Gasteiger partial charge in [0, 0.05) is 13.2 Å². The van der Waals surface area contributed by atoms with Crippen molar-refractivity contribution in [2.75, 3.05) is 20.3 Å². The van der Waals surface area contributed by atoms with Crippen LogP contribution in [-0.4, -0.2) is 26.4 Å². The van der Waals surface area contributed by atoms with E-state index in [0.29, 0.717) is 29.9 Å². The van der Waals surface area contributed by atoms with E-state index >= 15 is 0 Å². The van der Waals surface area contributed by atoms with E-state index in [2.05, 4.69) is 13.8 Å². The second kappa shape index (κ2) is 7.62. The molecule has 4 heteroatoms. The first-order valence-corrected chi connectivity index (χ1v) is 6.58. The highest BCUT2D eigenvalue weighted by Crippen LogP contribution is 2.26. The Morgan fingerprint density at radius 2 is 2.00 bits per heavy atom. The van der Waals surface area contributed by atoms with Gasteiger partial charge in [-0.1, -0.05) is 31.5 Å². The normalized spacial score (nSPS) is 12.8. The molecule has 18 heavy (non-hydrogen) atoms. The van der Waals surface area contributed by atoms with Crippen molar-refractivity contribution < 1.29 is 9.47 Å². The Kier molecular flexibility index (Phi) is 6.47. The average molecular weight is 272 g/mol. The number of rotatable bonds is 7. The van der Waals surface area contributed by atoms with Crippen LogP contribution in [0.3, 0.4) is 0 Å². The third-order valence-corrected chi connectivity index (χ3v) is 3.18. The van der Waals surface area contributed by atoms with Crippen LogP contribution in [0.5, 0.6) is 5.75 Å². The van der Waals surface area contributed by atoms with E-state index in [1.807, 2.05) is 18.2 Å². The molecule has 0 saturated heterocycles. The highest BCUT2D eigenvalue weighted by Gasteiger charge is 2.10. The van der Waals surface area contributed by atoms with Crippen molar-refractivity contribution in [1.29, 1.82) is 0 Å². The second-order valence-corrected chi connectivity index (χ2v) is 5.13. The van der Waals surface area contributed by atoms with Crippen molar-refractivity contribution in [3.63, 3.8) is 0 Å². The topological polar surface area (TPSA) is 44.5 Å². The first-order valence-electron chi connectivity index (χ1n) is 6.20. The zero-order chi connectivity index (χ0) is 13.5. The summed E-state index contributed by atoms with van der Waals surface area (Å²) in [6, 6.07) is 5.96. The maximum atomic E-state index is 6.08. The van der Waals surface area contributed by atoms with Crippen LogP contribution in [0.15, 0.2) is 18.2 Å². The van der Waals surface area contributed by atoms with E-state index in [1.54, 1.807) is 7.11 Å². The first kappa shape index (κ1) is 15.3. The van der Waals surface area contributed by atoms with Crippen LogP contribution >= 0.6 is 11.6 Å². The molecule has 0 aliphatic carbocycles. The Balaban J connectivity index is 2.67. The predicted molar refractivity (Wildman–Crippen MR) is 75.3 cm³/mol. The van der Waals surface area contributed by atoms with Gasteiger partial charge in [-0.3, -0.25) is 0 Å². The third-order valence-electron chi connectivity index (χ3n) is 2.87. The number of halogens is 1. The van der Waals surface area contributed by atoms with Gasteiger partial charge in [0.1, 0.15) is 12.4 Å².